The number of allylic oxidation sites excluding steroid dienone is 6. The molecule has 0 aromatic heterocycles. The summed E-state index contributed by atoms with van der Waals surface area (Å²) in [6.07, 6.45) is 9.97. The molecule has 1 rings (SSSR count). The summed E-state index contributed by atoms with van der Waals surface area (Å²) in [6.45, 7) is 3.66. The van der Waals surface area contributed by atoms with Crippen LogP contribution in [-0.4, -0.2) is 5.78 Å². The summed E-state index contributed by atoms with van der Waals surface area (Å²) in [5.74, 6) is 0.189. The lowest BCUT2D eigenvalue weighted by atomic mass is 10.0. The van der Waals surface area contributed by atoms with Gasteiger partial charge in [0.2, 0.25) is 0 Å². The van der Waals surface area contributed by atoms with Gasteiger partial charge in [0.25, 0.3) is 0 Å². The summed E-state index contributed by atoms with van der Waals surface area (Å²) in [5.41, 5.74) is 2.13. The largest absolute Gasteiger partial charge is 0.295 e. The number of ketones is 1. The normalized spacial score (nSPS) is 28.8. The van der Waals surface area contributed by atoms with Crippen molar-refractivity contribution in [3.05, 3.63) is 35.5 Å². The van der Waals surface area contributed by atoms with Gasteiger partial charge in [-0.25, -0.2) is 0 Å². The van der Waals surface area contributed by atoms with Crippen molar-refractivity contribution < 1.29 is 4.79 Å². The van der Waals surface area contributed by atoms with Crippen LogP contribution in [0.25, 0.3) is 0 Å². The molecule has 0 N–H and O–H groups in total. The zero-order valence-electron chi connectivity index (χ0n) is 7.63. The molecule has 1 aliphatic carbocycles. The van der Waals surface area contributed by atoms with Crippen molar-refractivity contribution in [1.29, 1.82) is 0 Å². The van der Waals surface area contributed by atoms with E-state index in [0.717, 1.165) is 18.4 Å². The highest BCUT2D eigenvalue weighted by Gasteiger charge is 2.02. The van der Waals surface area contributed by atoms with Gasteiger partial charge in [-0.15, -0.1) is 0 Å². The van der Waals surface area contributed by atoms with Crippen molar-refractivity contribution >= 4 is 5.78 Å². The van der Waals surface area contributed by atoms with Gasteiger partial charge < -0.3 is 0 Å². The molecule has 64 valence electrons. The Hall–Kier alpha value is -1.11. The Kier molecular flexibility index (Phi) is 3.03. The summed E-state index contributed by atoms with van der Waals surface area (Å²) < 4.78 is 0. The van der Waals surface area contributed by atoms with Crippen LogP contribution < -0.4 is 0 Å². The molecule has 0 radical (unpaired) electrons. The van der Waals surface area contributed by atoms with Crippen molar-refractivity contribution in [2.75, 3.05) is 0 Å². The van der Waals surface area contributed by atoms with Crippen molar-refractivity contribution in [1.82, 2.24) is 0 Å². The Bertz CT molecular complexity index is 267. The topological polar surface area (TPSA) is 17.1 Å². The highest BCUT2D eigenvalue weighted by molar-refractivity contribution is 5.93. The van der Waals surface area contributed by atoms with Crippen LogP contribution in [0.2, 0.25) is 0 Å². The third-order valence-electron chi connectivity index (χ3n) is 1.96. The maximum absolute atomic E-state index is 11.0. The van der Waals surface area contributed by atoms with E-state index in [9.17, 15) is 4.79 Å². The molecule has 1 heteroatoms. The fourth-order valence-corrected chi connectivity index (χ4v) is 1.17. The molecule has 0 fully saturated rings. The van der Waals surface area contributed by atoms with Crippen LogP contribution in [0, 0.1) is 0 Å². The molecule has 12 heavy (non-hydrogen) atoms. The van der Waals surface area contributed by atoms with Crippen LogP contribution in [0.15, 0.2) is 35.5 Å². The lowest BCUT2D eigenvalue weighted by molar-refractivity contribution is -0.113. The lowest BCUT2D eigenvalue weighted by Crippen LogP contribution is -1.96. The first-order valence-corrected chi connectivity index (χ1v) is 4.25. The minimum Gasteiger partial charge on any atom is -0.295 e. The molecule has 0 aromatic carbocycles. The van der Waals surface area contributed by atoms with E-state index in [1.54, 1.807) is 6.92 Å². The molecule has 0 spiro atoms. The number of carbonyl (C=O) groups excluding carboxylic acids is 1. The van der Waals surface area contributed by atoms with Crippen molar-refractivity contribution in [3.8, 4) is 0 Å². The Balaban J connectivity index is 2.85. The number of rotatable bonds is 1. The highest BCUT2D eigenvalue weighted by atomic mass is 16.1. The lowest BCUT2D eigenvalue weighted by Gasteiger charge is -2.02. The van der Waals surface area contributed by atoms with Crippen LogP contribution in [-0.2, 0) is 4.79 Å². The Morgan fingerprint density at radius 2 is 2.17 bits per heavy atom. The van der Waals surface area contributed by atoms with Gasteiger partial charge in [0.15, 0.2) is 5.78 Å². The molecule has 0 unspecified atom stereocenters. The van der Waals surface area contributed by atoms with E-state index in [1.165, 1.54) is 5.57 Å². The molecule has 0 aliphatic heterocycles. The quantitative estimate of drug-likeness (QED) is 0.579. The average Bonchev–Trinajstić information content (AvgIpc) is 1.97. The predicted octanol–water partition coefficient (Wildman–Crippen LogP) is 2.80. The molecule has 0 atom stereocenters. The molecule has 1 aliphatic rings. The van der Waals surface area contributed by atoms with Crippen molar-refractivity contribution in [3.63, 3.8) is 0 Å². The number of hydrogen-bond acceptors (Lipinski definition) is 1. The van der Waals surface area contributed by atoms with Gasteiger partial charge >= 0.3 is 0 Å². The summed E-state index contributed by atoms with van der Waals surface area (Å²) in [5, 5.41) is 0. The average molecular weight is 162 g/mol. The second kappa shape index (κ2) is 4.05. The summed E-state index contributed by atoms with van der Waals surface area (Å²) in [7, 11) is 0. The Labute approximate surface area is 73.5 Å². The van der Waals surface area contributed by atoms with Gasteiger partial charge in [0, 0.05) is 0 Å². The smallest absolute Gasteiger partial charge is 0.155 e. The molecule has 1 nitrogen and oxygen atoms in total. The van der Waals surface area contributed by atoms with Gasteiger partial charge in [0.05, 0.1) is 0 Å². The third kappa shape index (κ3) is 2.50. The second-order valence-corrected chi connectivity index (χ2v) is 3.10. The van der Waals surface area contributed by atoms with Crippen LogP contribution in [0.4, 0.5) is 0 Å². The summed E-state index contributed by atoms with van der Waals surface area (Å²) in [4.78, 5) is 11.0. The predicted molar refractivity (Wildman–Crippen MR) is 50.9 cm³/mol. The molecule has 0 amide bonds. The first-order chi connectivity index (χ1) is 5.70. The first-order valence-electron chi connectivity index (χ1n) is 4.25. The minimum atomic E-state index is 0.189. The van der Waals surface area contributed by atoms with Crippen LogP contribution in [0.5, 0.6) is 0 Å². The molecule has 0 saturated heterocycles. The van der Waals surface area contributed by atoms with Gasteiger partial charge in [-0.2, -0.15) is 0 Å². The van der Waals surface area contributed by atoms with Gasteiger partial charge in [0.1, 0.15) is 0 Å². The number of carbonyl (C=O) groups is 1. The van der Waals surface area contributed by atoms with Crippen LogP contribution in [0.3, 0.4) is 0 Å². The van der Waals surface area contributed by atoms with Crippen LogP contribution >= 0.6 is 0 Å². The maximum Gasteiger partial charge on any atom is 0.155 e. The number of hydrogen-bond donors (Lipinski definition) is 0. The fraction of sp³-hybridized carbons (Fsp3) is 0.364. The van der Waals surface area contributed by atoms with Crippen molar-refractivity contribution in [2.45, 2.75) is 26.7 Å². The summed E-state index contributed by atoms with van der Waals surface area (Å²) in [6, 6.07) is 0. The SMILES string of the molecule is CC(=O)/C1=C/C=C(C)\C=C/CC1. The van der Waals surface area contributed by atoms with E-state index >= 15 is 0 Å². The standard InChI is InChI=1S/C11H14O/c1-9-5-3-4-6-11(8-7-9)10(2)12/h3,5,7-8H,4,6H2,1-2H3/b5-3-,9-7-,11-8+. The fourth-order valence-electron chi connectivity index (χ4n) is 1.17. The molecular weight excluding hydrogens is 148 g/mol. The van der Waals surface area contributed by atoms with E-state index in [1.807, 2.05) is 19.1 Å². The van der Waals surface area contributed by atoms with E-state index in [0.29, 0.717) is 0 Å². The molecular formula is C11H14O. The summed E-state index contributed by atoms with van der Waals surface area (Å²) >= 11 is 0. The van der Waals surface area contributed by atoms with E-state index in [2.05, 4.69) is 12.2 Å². The van der Waals surface area contributed by atoms with E-state index in [-0.39, 0.29) is 5.78 Å². The van der Waals surface area contributed by atoms with E-state index < -0.39 is 0 Å². The van der Waals surface area contributed by atoms with Crippen molar-refractivity contribution in [2.24, 2.45) is 0 Å². The maximum atomic E-state index is 11.0. The second-order valence-electron chi connectivity index (χ2n) is 3.10. The van der Waals surface area contributed by atoms with Crippen LogP contribution in [0.1, 0.15) is 26.7 Å². The Morgan fingerprint density at radius 3 is 2.83 bits per heavy atom. The monoisotopic (exact) mass is 162 g/mol. The zero-order chi connectivity index (χ0) is 8.97. The van der Waals surface area contributed by atoms with Gasteiger partial charge in [-0.3, -0.25) is 4.79 Å². The third-order valence-corrected chi connectivity index (χ3v) is 1.96. The molecule has 0 saturated carbocycles. The molecule has 0 aromatic rings. The minimum absolute atomic E-state index is 0.189. The molecule has 0 heterocycles. The Morgan fingerprint density at radius 1 is 1.42 bits per heavy atom. The molecule has 0 bridgehead atoms. The highest BCUT2D eigenvalue weighted by Crippen LogP contribution is 2.12. The van der Waals surface area contributed by atoms with Gasteiger partial charge in [-0.1, -0.05) is 29.9 Å². The van der Waals surface area contributed by atoms with Gasteiger partial charge in [-0.05, 0) is 32.3 Å². The first kappa shape index (κ1) is 8.98. The van der Waals surface area contributed by atoms with E-state index in [4.69, 9.17) is 0 Å². The number of Topliss-reactive ketones (excluding diaryl/α,β-unsaturated/α-hetero) is 1. The zero-order valence-corrected chi connectivity index (χ0v) is 7.63.